The van der Waals surface area contributed by atoms with Gasteiger partial charge in [-0.1, -0.05) is 33.3 Å². The maximum absolute atomic E-state index is 11.1. The zero-order chi connectivity index (χ0) is 11.1. The smallest absolute Gasteiger partial charge is 0.221 e. The number of hydrogen-bond donors (Lipinski definition) is 1. The molecule has 0 aromatic carbocycles. The van der Waals surface area contributed by atoms with E-state index in [-0.39, 0.29) is 16.7 Å². The first-order valence-corrected chi connectivity index (χ1v) is 5.16. The summed E-state index contributed by atoms with van der Waals surface area (Å²) in [6, 6.07) is 0. The van der Waals surface area contributed by atoms with Crippen LogP contribution < -0.4 is 5.32 Å². The van der Waals surface area contributed by atoms with Gasteiger partial charge in [-0.25, -0.2) is 0 Å². The predicted octanol–water partition coefficient (Wildman–Crippen LogP) is 2.85. The number of amides is 1. The lowest BCUT2D eigenvalue weighted by atomic mass is 9.69. The molecule has 14 heavy (non-hydrogen) atoms. The van der Waals surface area contributed by atoms with Crippen molar-refractivity contribution in [2.24, 2.45) is 10.8 Å². The molecule has 0 saturated carbocycles. The van der Waals surface area contributed by atoms with E-state index in [2.05, 4.69) is 39.9 Å². The highest BCUT2D eigenvalue weighted by atomic mass is 16.1. The summed E-state index contributed by atoms with van der Waals surface area (Å²) >= 11 is 0. The van der Waals surface area contributed by atoms with Crippen LogP contribution in [0.3, 0.4) is 0 Å². The molecule has 0 fully saturated rings. The maximum Gasteiger partial charge on any atom is 0.221 e. The van der Waals surface area contributed by atoms with Gasteiger partial charge in [0, 0.05) is 18.0 Å². The molecule has 1 amide bonds. The third-order valence-corrected chi connectivity index (χ3v) is 3.75. The van der Waals surface area contributed by atoms with Crippen LogP contribution in [0.15, 0.2) is 11.3 Å². The molecule has 1 N–H and O–H groups in total. The molecule has 0 spiro atoms. The van der Waals surface area contributed by atoms with Crippen molar-refractivity contribution in [2.75, 3.05) is 0 Å². The second-order valence-corrected chi connectivity index (χ2v) is 5.52. The summed E-state index contributed by atoms with van der Waals surface area (Å²) in [5.41, 5.74) is 2.72. The van der Waals surface area contributed by atoms with Gasteiger partial charge in [0.1, 0.15) is 0 Å². The van der Waals surface area contributed by atoms with Crippen LogP contribution in [0.4, 0.5) is 0 Å². The number of nitrogens with one attached hydrogen (secondary N) is 1. The molecular formula is C12H21NO. The lowest BCUT2D eigenvalue weighted by molar-refractivity contribution is -0.118. The Balaban J connectivity index is 3.04. The van der Waals surface area contributed by atoms with Gasteiger partial charge in [-0.3, -0.25) is 4.79 Å². The normalized spacial score (nSPS) is 23.9. The molecule has 2 nitrogen and oxygen atoms in total. The average Bonchev–Trinajstić information content (AvgIpc) is 2.09. The van der Waals surface area contributed by atoms with Gasteiger partial charge in [-0.2, -0.15) is 0 Å². The lowest BCUT2D eigenvalue weighted by Gasteiger charge is -2.37. The standard InChI is InChI=1S/C12H21NO/c1-8-7-11(3,4)12(5,6)10(8)13-9(2)14/h7H2,1-6H3,(H,13,14). The molecule has 0 atom stereocenters. The summed E-state index contributed by atoms with van der Waals surface area (Å²) in [4.78, 5) is 11.1. The number of carbonyl (C=O) groups is 1. The summed E-state index contributed by atoms with van der Waals surface area (Å²) in [7, 11) is 0. The summed E-state index contributed by atoms with van der Waals surface area (Å²) in [6.45, 7) is 12.6. The first kappa shape index (κ1) is 11.3. The Bertz CT molecular complexity index is 297. The third kappa shape index (κ3) is 1.58. The molecule has 0 aliphatic heterocycles. The Kier molecular flexibility index (Phi) is 2.51. The number of hydrogen-bond acceptors (Lipinski definition) is 1. The van der Waals surface area contributed by atoms with Crippen molar-refractivity contribution in [1.82, 2.24) is 5.32 Å². The third-order valence-electron chi connectivity index (χ3n) is 3.75. The van der Waals surface area contributed by atoms with Crippen LogP contribution >= 0.6 is 0 Å². The first-order valence-electron chi connectivity index (χ1n) is 5.16. The van der Waals surface area contributed by atoms with E-state index in [1.807, 2.05) is 0 Å². The van der Waals surface area contributed by atoms with E-state index in [1.54, 1.807) is 6.92 Å². The van der Waals surface area contributed by atoms with Crippen LogP contribution in [-0.4, -0.2) is 5.91 Å². The minimum Gasteiger partial charge on any atom is -0.330 e. The van der Waals surface area contributed by atoms with Crippen molar-refractivity contribution in [3.8, 4) is 0 Å². The van der Waals surface area contributed by atoms with Crippen LogP contribution in [-0.2, 0) is 4.79 Å². The largest absolute Gasteiger partial charge is 0.330 e. The van der Waals surface area contributed by atoms with E-state index in [9.17, 15) is 4.79 Å². The van der Waals surface area contributed by atoms with Crippen molar-refractivity contribution in [3.63, 3.8) is 0 Å². The fourth-order valence-electron chi connectivity index (χ4n) is 2.28. The summed E-state index contributed by atoms with van der Waals surface area (Å²) in [6.07, 6.45) is 1.07. The van der Waals surface area contributed by atoms with Gasteiger partial charge >= 0.3 is 0 Å². The van der Waals surface area contributed by atoms with Gasteiger partial charge in [0.25, 0.3) is 0 Å². The maximum atomic E-state index is 11.1. The van der Waals surface area contributed by atoms with Gasteiger partial charge in [-0.05, 0) is 18.8 Å². The molecule has 2 heteroatoms. The highest BCUT2D eigenvalue weighted by Crippen LogP contribution is 2.53. The minimum absolute atomic E-state index is 0.0325. The van der Waals surface area contributed by atoms with Crippen LogP contribution in [0.25, 0.3) is 0 Å². The van der Waals surface area contributed by atoms with Crippen molar-refractivity contribution in [3.05, 3.63) is 11.3 Å². The highest BCUT2D eigenvalue weighted by molar-refractivity contribution is 5.75. The Hall–Kier alpha value is -0.790. The van der Waals surface area contributed by atoms with Gasteiger partial charge < -0.3 is 5.32 Å². The van der Waals surface area contributed by atoms with E-state index in [4.69, 9.17) is 0 Å². The fourth-order valence-corrected chi connectivity index (χ4v) is 2.28. The van der Waals surface area contributed by atoms with Crippen LogP contribution in [0.1, 0.15) is 48.0 Å². The zero-order valence-corrected chi connectivity index (χ0v) is 10.1. The van der Waals surface area contributed by atoms with E-state index in [1.165, 1.54) is 5.57 Å². The van der Waals surface area contributed by atoms with E-state index in [0.717, 1.165) is 12.1 Å². The van der Waals surface area contributed by atoms with Gasteiger partial charge in [-0.15, -0.1) is 0 Å². The second kappa shape index (κ2) is 3.11. The molecule has 80 valence electrons. The van der Waals surface area contributed by atoms with Crippen molar-refractivity contribution >= 4 is 5.91 Å². The molecule has 1 aliphatic rings. The zero-order valence-electron chi connectivity index (χ0n) is 10.1. The number of rotatable bonds is 1. The Labute approximate surface area is 86.8 Å². The molecule has 0 saturated heterocycles. The molecule has 0 bridgehead atoms. The van der Waals surface area contributed by atoms with E-state index >= 15 is 0 Å². The van der Waals surface area contributed by atoms with E-state index < -0.39 is 0 Å². The number of allylic oxidation sites excluding steroid dienone is 2. The second-order valence-electron chi connectivity index (χ2n) is 5.52. The minimum atomic E-state index is 0.0325. The lowest BCUT2D eigenvalue weighted by Crippen LogP contribution is -2.36. The summed E-state index contributed by atoms with van der Waals surface area (Å²) < 4.78 is 0. The quantitative estimate of drug-likeness (QED) is 0.685. The molecule has 0 aromatic heterocycles. The molecule has 0 unspecified atom stereocenters. The Morgan fingerprint density at radius 3 is 2.07 bits per heavy atom. The van der Waals surface area contributed by atoms with Crippen molar-refractivity contribution in [1.29, 1.82) is 0 Å². The summed E-state index contributed by atoms with van der Waals surface area (Å²) in [5, 5.41) is 2.98. The monoisotopic (exact) mass is 195 g/mol. The first-order chi connectivity index (χ1) is 6.18. The van der Waals surface area contributed by atoms with Gasteiger partial charge in [0.2, 0.25) is 5.91 Å². The van der Waals surface area contributed by atoms with E-state index in [0.29, 0.717) is 0 Å². The summed E-state index contributed by atoms with van der Waals surface area (Å²) in [5.74, 6) is 0.0325. The average molecular weight is 195 g/mol. The Morgan fingerprint density at radius 1 is 1.29 bits per heavy atom. The van der Waals surface area contributed by atoms with Gasteiger partial charge in [0.15, 0.2) is 0 Å². The van der Waals surface area contributed by atoms with Crippen LogP contribution in [0.2, 0.25) is 0 Å². The molecule has 0 radical (unpaired) electrons. The SMILES string of the molecule is CC(=O)NC1=C(C)CC(C)(C)C1(C)C. The highest BCUT2D eigenvalue weighted by Gasteiger charge is 2.46. The molecule has 0 aromatic rings. The molecule has 0 heterocycles. The van der Waals surface area contributed by atoms with Crippen molar-refractivity contribution in [2.45, 2.75) is 48.0 Å². The Morgan fingerprint density at radius 2 is 1.79 bits per heavy atom. The predicted molar refractivity (Wildman–Crippen MR) is 58.7 cm³/mol. The topological polar surface area (TPSA) is 29.1 Å². The van der Waals surface area contributed by atoms with Crippen LogP contribution in [0.5, 0.6) is 0 Å². The molecule has 1 rings (SSSR count). The van der Waals surface area contributed by atoms with Gasteiger partial charge in [0.05, 0.1) is 0 Å². The van der Waals surface area contributed by atoms with Crippen molar-refractivity contribution < 1.29 is 4.79 Å². The fraction of sp³-hybridized carbons (Fsp3) is 0.750. The molecular weight excluding hydrogens is 174 g/mol. The number of carbonyl (C=O) groups excluding carboxylic acids is 1. The molecule has 1 aliphatic carbocycles. The van der Waals surface area contributed by atoms with Crippen LogP contribution in [0, 0.1) is 10.8 Å².